The van der Waals surface area contributed by atoms with E-state index in [9.17, 15) is 4.79 Å². The molecule has 1 rings (SSSR count). The maximum atomic E-state index is 10.3. The number of phenols is 2. The number of aromatic carboxylic acids is 1. The Balaban J connectivity index is 0.000000366. The van der Waals surface area contributed by atoms with Gasteiger partial charge in [0.25, 0.3) is 0 Å². The second-order valence-corrected chi connectivity index (χ2v) is 3.00. The van der Waals surface area contributed by atoms with E-state index >= 15 is 0 Å². The summed E-state index contributed by atoms with van der Waals surface area (Å²) in [4.78, 5) is 10.3. The van der Waals surface area contributed by atoms with Crippen molar-refractivity contribution in [2.24, 2.45) is 0 Å². The molecule has 0 unspecified atom stereocenters. The molecule has 6 N–H and O–H groups in total. The molecule has 0 spiro atoms. The number of carbonyl (C=O) groups is 1. The van der Waals surface area contributed by atoms with Crippen molar-refractivity contribution >= 4 is 5.97 Å². The fourth-order valence-corrected chi connectivity index (χ4v) is 0.762. The van der Waals surface area contributed by atoms with Crippen molar-refractivity contribution in [3.05, 3.63) is 23.8 Å². The molecule has 1 aromatic carbocycles. The second-order valence-electron chi connectivity index (χ2n) is 3.00. The van der Waals surface area contributed by atoms with Gasteiger partial charge in [0.2, 0.25) is 0 Å². The van der Waals surface area contributed by atoms with E-state index in [1.807, 2.05) is 0 Å². The highest BCUT2D eigenvalue weighted by Crippen LogP contribution is 2.27. The van der Waals surface area contributed by atoms with Crippen molar-refractivity contribution in [3.63, 3.8) is 0 Å². The lowest BCUT2D eigenvalue weighted by atomic mass is 10.2. The van der Waals surface area contributed by atoms with Crippen LogP contribution in [0.2, 0.25) is 0 Å². The van der Waals surface area contributed by atoms with Crippen LogP contribution >= 0.6 is 0 Å². The number of benzene rings is 1. The first-order chi connectivity index (χ1) is 7.93. The van der Waals surface area contributed by atoms with Crippen molar-refractivity contribution in [2.45, 2.75) is 6.10 Å². The number of para-hydroxylation sites is 1. The molecule has 0 aliphatic rings. The van der Waals surface area contributed by atoms with Crippen LogP contribution in [0.4, 0.5) is 0 Å². The number of hydrogen-bond acceptors (Lipinski definition) is 6. The van der Waals surface area contributed by atoms with Gasteiger partial charge in [-0.15, -0.1) is 0 Å². The average Bonchev–Trinajstić information content (AvgIpc) is 2.32. The summed E-state index contributed by atoms with van der Waals surface area (Å²) in [5.41, 5.74) is -0.301. The van der Waals surface area contributed by atoms with Crippen LogP contribution in [0.5, 0.6) is 11.5 Å². The molecule has 7 nitrogen and oxygen atoms in total. The quantitative estimate of drug-likeness (QED) is 0.381. The van der Waals surface area contributed by atoms with Gasteiger partial charge in [-0.2, -0.15) is 0 Å². The highest BCUT2D eigenvalue weighted by atomic mass is 16.4. The minimum Gasteiger partial charge on any atom is -0.504 e. The number of phenolic OH excluding ortho intramolecular Hbond substituents is 1. The first-order valence-corrected chi connectivity index (χ1v) is 4.58. The summed E-state index contributed by atoms with van der Waals surface area (Å²) in [6.45, 7) is -0.729. The summed E-state index contributed by atoms with van der Waals surface area (Å²) in [5.74, 6) is -2.29. The van der Waals surface area contributed by atoms with E-state index in [1.165, 1.54) is 18.2 Å². The smallest absolute Gasteiger partial charge is 0.339 e. The Morgan fingerprint density at radius 3 is 2.00 bits per heavy atom. The summed E-state index contributed by atoms with van der Waals surface area (Å²) in [5, 5.41) is 50.2. The lowest BCUT2D eigenvalue weighted by Crippen LogP contribution is -2.15. The molecule has 0 saturated heterocycles. The van der Waals surface area contributed by atoms with Crippen LogP contribution < -0.4 is 0 Å². The molecule has 0 radical (unpaired) electrons. The van der Waals surface area contributed by atoms with Crippen LogP contribution in [0.15, 0.2) is 18.2 Å². The zero-order valence-corrected chi connectivity index (χ0v) is 8.82. The minimum atomic E-state index is -1.27. The monoisotopic (exact) mass is 246 g/mol. The first kappa shape index (κ1) is 15.2. The van der Waals surface area contributed by atoms with E-state index in [0.29, 0.717) is 0 Å². The fraction of sp³-hybridized carbons (Fsp3) is 0.300. The number of aliphatic hydroxyl groups is 3. The van der Waals surface area contributed by atoms with Gasteiger partial charge < -0.3 is 30.6 Å². The summed E-state index contributed by atoms with van der Waals surface area (Å²) >= 11 is 0. The van der Waals surface area contributed by atoms with Crippen molar-refractivity contribution in [1.82, 2.24) is 0 Å². The second kappa shape index (κ2) is 7.44. The van der Waals surface area contributed by atoms with Crippen LogP contribution in [0, 0.1) is 0 Å². The van der Waals surface area contributed by atoms with Gasteiger partial charge in [0.15, 0.2) is 11.5 Å². The minimum absolute atomic E-state index is 0.301. The summed E-state index contributed by atoms with van der Waals surface area (Å²) in [6, 6.07) is 3.76. The molecule has 0 bridgehead atoms. The molecule has 0 aliphatic carbocycles. The van der Waals surface area contributed by atoms with Gasteiger partial charge in [-0.05, 0) is 12.1 Å². The molecule has 0 heterocycles. The summed E-state index contributed by atoms with van der Waals surface area (Å²) in [6.07, 6.45) is -0.954. The van der Waals surface area contributed by atoms with Crippen molar-refractivity contribution < 1.29 is 35.4 Å². The van der Waals surface area contributed by atoms with Crippen LogP contribution in [0.25, 0.3) is 0 Å². The Labute approximate surface area is 96.8 Å². The Morgan fingerprint density at radius 2 is 1.71 bits per heavy atom. The zero-order chi connectivity index (χ0) is 13.4. The van der Waals surface area contributed by atoms with E-state index < -0.39 is 23.6 Å². The molecule has 0 aliphatic heterocycles. The molecular formula is C10H14O7. The zero-order valence-electron chi connectivity index (χ0n) is 8.82. The van der Waals surface area contributed by atoms with Crippen molar-refractivity contribution in [3.8, 4) is 11.5 Å². The van der Waals surface area contributed by atoms with Gasteiger partial charge in [0.1, 0.15) is 11.7 Å². The van der Waals surface area contributed by atoms with Gasteiger partial charge in [0.05, 0.1) is 13.2 Å². The molecule has 0 atom stereocenters. The number of aromatic hydroxyl groups is 2. The number of aliphatic hydroxyl groups excluding tert-OH is 3. The third-order valence-corrected chi connectivity index (χ3v) is 1.67. The molecular weight excluding hydrogens is 232 g/mol. The SMILES string of the molecule is O=C(O)c1cccc(O)c1O.OCC(O)CO. The number of rotatable bonds is 3. The molecule has 7 heteroatoms. The summed E-state index contributed by atoms with van der Waals surface area (Å²) < 4.78 is 0. The van der Waals surface area contributed by atoms with Gasteiger partial charge in [0, 0.05) is 0 Å². The Bertz CT molecular complexity index is 360. The first-order valence-electron chi connectivity index (χ1n) is 4.58. The Morgan fingerprint density at radius 1 is 1.18 bits per heavy atom. The molecule has 96 valence electrons. The maximum absolute atomic E-state index is 10.3. The average molecular weight is 246 g/mol. The normalized spacial score (nSPS) is 9.65. The molecule has 0 fully saturated rings. The van der Waals surface area contributed by atoms with E-state index in [4.69, 9.17) is 30.6 Å². The van der Waals surface area contributed by atoms with E-state index in [2.05, 4.69) is 0 Å². The molecule has 17 heavy (non-hydrogen) atoms. The van der Waals surface area contributed by atoms with E-state index in [-0.39, 0.29) is 18.8 Å². The highest BCUT2D eigenvalue weighted by Gasteiger charge is 2.11. The van der Waals surface area contributed by atoms with Gasteiger partial charge in [-0.3, -0.25) is 0 Å². The van der Waals surface area contributed by atoms with Gasteiger partial charge >= 0.3 is 5.97 Å². The number of carboxylic acids is 1. The van der Waals surface area contributed by atoms with Crippen LogP contribution in [-0.2, 0) is 0 Å². The van der Waals surface area contributed by atoms with E-state index in [1.54, 1.807) is 0 Å². The van der Waals surface area contributed by atoms with Crippen molar-refractivity contribution in [2.75, 3.05) is 13.2 Å². The number of hydrogen-bond donors (Lipinski definition) is 6. The highest BCUT2D eigenvalue weighted by molar-refractivity contribution is 5.91. The predicted molar refractivity (Wildman–Crippen MR) is 56.9 cm³/mol. The standard InChI is InChI=1S/C7H6O4.C3H8O3/c8-5-3-1-2-4(6(5)9)7(10)11;4-1-3(6)2-5/h1-3,8-9H,(H,10,11);3-6H,1-2H2. The summed E-state index contributed by atoms with van der Waals surface area (Å²) in [7, 11) is 0. The largest absolute Gasteiger partial charge is 0.504 e. The molecule has 0 amide bonds. The molecule has 0 aromatic heterocycles. The van der Waals surface area contributed by atoms with Gasteiger partial charge in [-0.1, -0.05) is 6.07 Å². The van der Waals surface area contributed by atoms with Crippen LogP contribution in [0.3, 0.4) is 0 Å². The molecule has 0 saturated carbocycles. The van der Waals surface area contributed by atoms with Gasteiger partial charge in [-0.25, -0.2) is 4.79 Å². The van der Waals surface area contributed by atoms with Crippen molar-refractivity contribution in [1.29, 1.82) is 0 Å². The van der Waals surface area contributed by atoms with E-state index in [0.717, 1.165) is 0 Å². The third-order valence-electron chi connectivity index (χ3n) is 1.67. The van der Waals surface area contributed by atoms with Crippen LogP contribution in [0.1, 0.15) is 10.4 Å². The fourth-order valence-electron chi connectivity index (χ4n) is 0.762. The third kappa shape index (κ3) is 5.16. The Hall–Kier alpha value is -1.83. The molecule has 1 aromatic rings. The topological polar surface area (TPSA) is 138 Å². The Kier molecular flexibility index (Phi) is 6.64. The lowest BCUT2D eigenvalue weighted by molar-refractivity contribution is 0.0450. The van der Waals surface area contributed by atoms with Crippen LogP contribution in [-0.4, -0.2) is 55.9 Å². The number of carboxylic acid groups (broad SMARTS) is 1. The maximum Gasteiger partial charge on any atom is 0.339 e. The predicted octanol–water partition coefficient (Wildman–Crippen LogP) is -0.872. The lowest BCUT2D eigenvalue weighted by Gasteiger charge is -1.99.